The first-order chi connectivity index (χ1) is 17.0. The number of aromatic nitrogens is 3. The van der Waals surface area contributed by atoms with Crippen LogP contribution in [0, 0.1) is 11.6 Å². The van der Waals surface area contributed by atoms with E-state index in [0.717, 1.165) is 39.9 Å². The fourth-order valence-corrected chi connectivity index (χ4v) is 4.49. The maximum atomic E-state index is 13.5. The van der Waals surface area contributed by atoms with E-state index in [0.29, 0.717) is 12.0 Å². The molecule has 0 aliphatic carbocycles. The number of carbonyl (C=O) groups excluding carboxylic acids is 1. The van der Waals surface area contributed by atoms with Gasteiger partial charge in [0.25, 0.3) is 5.56 Å². The average molecular weight is 488 g/mol. The lowest BCUT2D eigenvalue weighted by molar-refractivity contribution is 0.0981. The highest BCUT2D eigenvalue weighted by atomic mass is 32.1. The number of hydrogen-bond acceptors (Lipinski definition) is 5. The first-order valence-corrected chi connectivity index (χ1v) is 11.7. The molecule has 0 fully saturated rings. The number of carbonyl (C=O) groups is 1. The molecule has 5 nitrogen and oxygen atoms in total. The van der Waals surface area contributed by atoms with Gasteiger partial charge in [-0.25, -0.2) is 8.78 Å². The van der Waals surface area contributed by atoms with Crippen LogP contribution in [-0.2, 0) is 13.0 Å². The van der Waals surface area contributed by atoms with E-state index in [4.69, 9.17) is 0 Å². The van der Waals surface area contributed by atoms with Gasteiger partial charge >= 0.3 is 0 Å². The van der Waals surface area contributed by atoms with Gasteiger partial charge in [-0.15, -0.1) is 0 Å². The minimum Gasteiger partial charge on any atom is -0.310 e. The Hall–Kier alpha value is -4.04. The van der Waals surface area contributed by atoms with Crippen molar-refractivity contribution in [1.82, 2.24) is 13.3 Å². The smallest absolute Gasteiger partial charge is 0.261 e. The lowest BCUT2D eigenvalue weighted by Gasteiger charge is -2.09. The van der Waals surface area contributed by atoms with E-state index in [1.165, 1.54) is 34.6 Å². The zero-order valence-corrected chi connectivity index (χ0v) is 19.3. The SMILES string of the molecule is O=C(CCc1cccc(-c2ccc3nsnc3c2)c1)c1cccn(Cc2ccc(F)c(F)c2)c1=O. The van der Waals surface area contributed by atoms with E-state index in [1.807, 2.05) is 42.5 Å². The van der Waals surface area contributed by atoms with Gasteiger partial charge in [0.15, 0.2) is 17.4 Å². The second-order valence-electron chi connectivity index (χ2n) is 8.19. The second-order valence-corrected chi connectivity index (χ2v) is 8.72. The van der Waals surface area contributed by atoms with Gasteiger partial charge in [-0.3, -0.25) is 9.59 Å². The van der Waals surface area contributed by atoms with E-state index in [9.17, 15) is 18.4 Å². The normalized spacial score (nSPS) is 11.1. The van der Waals surface area contributed by atoms with Crippen LogP contribution < -0.4 is 5.56 Å². The zero-order valence-electron chi connectivity index (χ0n) is 18.4. The molecule has 0 saturated heterocycles. The summed E-state index contributed by atoms with van der Waals surface area (Å²) in [6.07, 6.45) is 2.17. The summed E-state index contributed by atoms with van der Waals surface area (Å²) in [6.45, 7) is 0.0397. The van der Waals surface area contributed by atoms with Gasteiger partial charge in [-0.2, -0.15) is 8.75 Å². The molecule has 2 heterocycles. The molecule has 0 saturated carbocycles. The summed E-state index contributed by atoms with van der Waals surface area (Å²) in [5.74, 6) is -2.20. The van der Waals surface area contributed by atoms with Gasteiger partial charge in [-0.1, -0.05) is 36.4 Å². The van der Waals surface area contributed by atoms with Crippen LogP contribution in [-0.4, -0.2) is 19.1 Å². The molecular formula is C27H19F2N3O2S. The Labute approximate surface area is 203 Å². The monoisotopic (exact) mass is 487 g/mol. The quantitative estimate of drug-likeness (QED) is 0.278. The van der Waals surface area contributed by atoms with Crippen molar-refractivity contribution >= 4 is 28.5 Å². The Balaban J connectivity index is 1.30. The standard InChI is InChI=1S/C27H19F2N3O2S/c28-22-9-6-18(14-23(22)29)16-32-12-2-5-21(27(32)34)26(33)11-7-17-3-1-4-19(13-17)20-8-10-24-25(15-20)31-35-30-24/h1-6,8-10,12-15H,7,11,16H2. The number of fused-ring (bicyclic) bond motifs is 1. The summed E-state index contributed by atoms with van der Waals surface area (Å²) in [4.78, 5) is 25.7. The molecule has 0 spiro atoms. The third kappa shape index (κ3) is 4.93. The number of Topliss-reactive ketones (excluding diaryl/α,β-unsaturated/α-hetero) is 1. The molecule has 0 amide bonds. The number of pyridine rings is 1. The number of ketones is 1. The Kier molecular flexibility index (Phi) is 6.29. The zero-order chi connectivity index (χ0) is 24.4. The summed E-state index contributed by atoms with van der Waals surface area (Å²) >= 11 is 1.18. The summed E-state index contributed by atoms with van der Waals surface area (Å²) in [7, 11) is 0. The molecule has 0 radical (unpaired) electrons. The van der Waals surface area contributed by atoms with Crippen LogP contribution in [0.1, 0.15) is 27.9 Å². The lowest BCUT2D eigenvalue weighted by atomic mass is 9.99. The van der Waals surface area contributed by atoms with Crippen molar-refractivity contribution < 1.29 is 13.6 Å². The van der Waals surface area contributed by atoms with Crippen LogP contribution in [0.3, 0.4) is 0 Å². The molecule has 0 atom stereocenters. The minimum atomic E-state index is -0.979. The molecule has 0 N–H and O–H groups in total. The molecule has 35 heavy (non-hydrogen) atoms. The molecule has 5 aromatic rings. The predicted octanol–water partition coefficient (Wildman–Crippen LogP) is 5.66. The van der Waals surface area contributed by atoms with Crippen LogP contribution >= 0.6 is 11.7 Å². The first kappa shape index (κ1) is 22.7. The number of aryl methyl sites for hydroxylation is 1. The fraction of sp³-hybridized carbons (Fsp3) is 0.111. The number of rotatable bonds is 7. The fourth-order valence-electron chi connectivity index (χ4n) is 3.97. The van der Waals surface area contributed by atoms with Crippen molar-refractivity contribution in [3.63, 3.8) is 0 Å². The number of halogens is 2. The molecule has 3 aromatic carbocycles. The summed E-state index contributed by atoms with van der Waals surface area (Å²) in [6, 6.07) is 20.4. The topological polar surface area (TPSA) is 64.8 Å². The third-order valence-corrected chi connectivity index (χ3v) is 6.37. The Morgan fingerprint density at radius 3 is 2.51 bits per heavy atom. The molecule has 174 valence electrons. The van der Waals surface area contributed by atoms with Crippen molar-refractivity contribution in [2.24, 2.45) is 0 Å². The van der Waals surface area contributed by atoms with Crippen molar-refractivity contribution in [1.29, 1.82) is 0 Å². The van der Waals surface area contributed by atoms with Gasteiger partial charge in [0, 0.05) is 12.6 Å². The number of nitrogens with zero attached hydrogens (tertiary/aromatic N) is 3. The molecule has 2 aromatic heterocycles. The highest BCUT2D eigenvalue weighted by molar-refractivity contribution is 7.00. The first-order valence-electron chi connectivity index (χ1n) is 11.0. The molecule has 0 aliphatic heterocycles. The van der Waals surface area contributed by atoms with Crippen molar-refractivity contribution in [3.05, 3.63) is 118 Å². The molecular weight excluding hydrogens is 468 g/mol. The van der Waals surface area contributed by atoms with Crippen molar-refractivity contribution in [2.45, 2.75) is 19.4 Å². The highest BCUT2D eigenvalue weighted by Crippen LogP contribution is 2.25. The molecule has 0 aliphatic rings. The summed E-state index contributed by atoms with van der Waals surface area (Å²) < 4.78 is 36.5. The maximum Gasteiger partial charge on any atom is 0.261 e. The summed E-state index contributed by atoms with van der Waals surface area (Å²) in [5, 5.41) is 0. The van der Waals surface area contributed by atoms with Gasteiger partial charge in [0.1, 0.15) is 11.0 Å². The van der Waals surface area contributed by atoms with Crippen LogP contribution in [0.4, 0.5) is 8.78 Å². The number of hydrogen-bond donors (Lipinski definition) is 0. The highest BCUT2D eigenvalue weighted by Gasteiger charge is 2.14. The van der Waals surface area contributed by atoms with E-state index < -0.39 is 17.2 Å². The lowest BCUT2D eigenvalue weighted by Crippen LogP contribution is -2.26. The van der Waals surface area contributed by atoms with Crippen molar-refractivity contribution in [3.8, 4) is 11.1 Å². The van der Waals surface area contributed by atoms with Gasteiger partial charge in [0.2, 0.25) is 0 Å². The van der Waals surface area contributed by atoms with E-state index >= 15 is 0 Å². The summed E-state index contributed by atoms with van der Waals surface area (Å²) in [5.41, 5.74) is 4.76. The molecule has 0 bridgehead atoms. The predicted molar refractivity (Wildman–Crippen MR) is 132 cm³/mol. The van der Waals surface area contributed by atoms with Crippen molar-refractivity contribution in [2.75, 3.05) is 0 Å². The maximum absolute atomic E-state index is 13.5. The van der Waals surface area contributed by atoms with E-state index in [-0.39, 0.29) is 24.3 Å². The molecule has 5 rings (SSSR count). The van der Waals surface area contributed by atoms with Gasteiger partial charge in [-0.05, 0) is 65.1 Å². The number of benzene rings is 3. The van der Waals surface area contributed by atoms with Gasteiger partial charge in [0.05, 0.1) is 23.8 Å². The van der Waals surface area contributed by atoms with Crippen LogP contribution in [0.25, 0.3) is 22.2 Å². The van der Waals surface area contributed by atoms with E-state index in [1.54, 1.807) is 6.07 Å². The van der Waals surface area contributed by atoms with Crippen LogP contribution in [0.2, 0.25) is 0 Å². The Bertz CT molecular complexity index is 1610. The van der Waals surface area contributed by atoms with E-state index in [2.05, 4.69) is 8.75 Å². The second kappa shape index (κ2) is 9.68. The third-order valence-electron chi connectivity index (χ3n) is 5.81. The van der Waals surface area contributed by atoms with Crippen LogP contribution in [0.15, 0.2) is 83.8 Å². The average Bonchev–Trinajstić information content (AvgIpc) is 3.34. The van der Waals surface area contributed by atoms with Gasteiger partial charge < -0.3 is 4.57 Å². The molecule has 8 heteroatoms. The minimum absolute atomic E-state index is 0.0397. The Morgan fingerprint density at radius 2 is 1.66 bits per heavy atom. The van der Waals surface area contributed by atoms with Crippen LogP contribution in [0.5, 0.6) is 0 Å². The molecule has 0 unspecified atom stereocenters. The Morgan fingerprint density at radius 1 is 0.829 bits per heavy atom. The largest absolute Gasteiger partial charge is 0.310 e.